The number of carbonyl (C=O) groups is 1. The number of alkyl halides is 1. The lowest BCUT2D eigenvalue weighted by molar-refractivity contribution is -0.131. The summed E-state index contributed by atoms with van der Waals surface area (Å²) in [5, 5.41) is 3.01. The Hall–Kier alpha value is -0.600. The average Bonchev–Trinajstić information content (AvgIpc) is 2.12. The van der Waals surface area contributed by atoms with Crippen LogP contribution in [-0.2, 0) is 4.79 Å². The fourth-order valence-corrected chi connectivity index (χ4v) is 1.59. The summed E-state index contributed by atoms with van der Waals surface area (Å²) < 4.78 is 12.5. The van der Waals surface area contributed by atoms with Crippen LogP contribution < -0.4 is 5.32 Å². The van der Waals surface area contributed by atoms with Crippen molar-refractivity contribution in [2.45, 2.75) is 58.2 Å². The summed E-state index contributed by atoms with van der Waals surface area (Å²) >= 11 is 0. The summed E-state index contributed by atoms with van der Waals surface area (Å²) in [6.07, 6.45) is 1.91. The number of rotatable bonds is 4. The number of hydrogen-bond donors (Lipinski definition) is 1. The summed E-state index contributed by atoms with van der Waals surface area (Å²) in [7, 11) is 0. The molecule has 82 valence electrons. The van der Waals surface area contributed by atoms with Crippen LogP contribution in [0.4, 0.5) is 4.39 Å². The maximum absolute atomic E-state index is 12.5. The summed E-state index contributed by atoms with van der Waals surface area (Å²) in [5.41, 5.74) is -0.113. The van der Waals surface area contributed by atoms with Gasteiger partial charge in [0, 0.05) is 11.5 Å². The van der Waals surface area contributed by atoms with Crippen LogP contribution in [0, 0.1) is 5.92 Å². The third kappa shape index (κ3) is 2.46. The molecule has 3 heteroatoms. The Morgan fingerprint density at radius 1 is 1.43 bits per heavy atom. The Morgan fingerprint density at radius 2 is 1.93 bits per heavy atom. The van der Waals surface area contributed by atoms with E-state index >= 15 is 0 Å². The van der Waals surface area contributed by atoms with Crippen molar-refractivity contribution in [1.82, 2.24) is 5.32 Å². The van der Waals surface area contributed by atoms with Crippen molar-refractivity contribution in [1.29, 1.82) is 0 Å². The largest absolute Gasteiger partial charge is 0.351 e. The molecular weight excluding hydrogens is 181 g/mol. The van der Waals surface area contributed by atoms with Gasteiger partial charge < -0.3 is 5.32 Å². The van der Waals surface area contributed by atoms with Gasteiger partial charge >= 0.3 is 0 Å². The van der Waals surface area contributed by atoms with Gasteiger partial charge in [-0.1, -0.05) is 13.8 Å². The van der Waals surface area contributed by atoms with Gasteiger partial charge in [-0.2, -0.15) is 0 Å². The minimum Gasteiger partial charge on any atom is -0.351 e. The maximum Gasteiger partial charge on any atom is 0.223 e. The lowest BCUT2D eigenvalue weighted by Crippen LogP contribution is -2.50. The van der Waals surface area contributed by atoms with Crippen LogP contribution in [0.15, 0.2) is 0 Å². The average molecular weight is 201 g/mol. The van der Waals surface area contributed by atoms with Crippen LogP contribution in [0.1, 0.15) is 46.5 Å². The van der Waals surface area contributed by atoms with E-state index in [2.05, 4.69) is 19.2 Å². The Morgan fingerprint density at radius 3 is 2.29 bits per heavy atom. The monoisotopic (exact) mass is 201 g/mol. The normalized spacial score (nSPS) is 26.9. The van der Waals surface area contributed by atoms with Gasteiger partial charge in [0.25, 0.3) is 0 Å². The van der Waals surface area contributed by atoms with Gasteiger partial charge in [0.2, 0.25) is 5.91 Å². The molecular formula is C11H20FNO. The lowest BCUT2D eigenvalue weighted by Gasteiger charge is -2.34. The number of hydrogen-bond acceptors (Lipinski definition) is 1. The van der Waals surface area contributed by atoms with Crippen molar-refractivity contribution in [3.05, 3.63) is 0 Å². The molecule has 1 amide bonds. The highest BCUT2D eigenvalue weighted by Crippen LogP contribution is 2.31. The van der Waals surface area contributed by atoms with E-state index in [1.54, 1.807) is 0 Å². The van der Waals surface area contributed by atoms with E-state index in [0.717, 1.165) is 12.8 Å². The molecule has 14 heavy (non-hydrogen) atoms. The first kappa shape index (κ1) is 11.5. The zero-order valence-electron chi connectivity index (χ0n) is 9.27. The van der Waals surface area contributed by atoms with Crippen LogP contribution in [0.5, 0.6) is 0 Å². The second-order valence-corrected chi connectivity index (χ2v) is 4.52. The third-order valence-corrected chi connectivity index (χ3v) is 3.44. The van der Waals surface area contributed by atoms with E-state index in [9.17, 15) is 9.18 Å². The van der Waals surface area contributed by atoms with Gasteiger partial charge in [-0.3, -0.25) is 4.79 Å². The summed E-state index contributed by atoms with van der Waals surface area (Å²) in [6, 6.07) is 0. The van der Waals surface area contributed by atoms with E-state index in [1.807, 2.05) is 6.92 Å². The van der Waals surface area contributed by atoms with Crippen LogP contribution in [0.2, 0.25) is 0 Å². The summed E-state index contributed by atoms with van der Waals surface area (Å²) in [6.45, 7) is 6.15. The van der Waals surface area contributed by atoms with Crippen molar-refractivity contribution >= 4 is 5.91 Å². The van der Waals surface area contributed by atoms with E-state index in [4.69, 9.17) is 0 Å². The third-order valence-electron chi connectivity index (χ3n) is 3.44. The molecule has 1 N–H and O–H groups in total. The summed E-state index contributed by atoms with van der Waals surface area (Å²) in [4.78, 5) is 11.6. The van der Waals surface area contributed by atoms with Crippen molar-refractivity contribution in [2.24, 2.45) is 5.92 Å². The van der Waals surface area contributed by atoms with Crippen molar-refractivity contribution in [3.63, 3.8) is 0 Å². The van der Waals surface area contributed by atoms with Crippen LogP contribution in [0.3, 0.4) is 0 Å². The zero-order chi connectivity index (χ0) is 10.8. The first-order valence-electron chi connectivity index (χ1n) is 5.47. The zero-order valence-corrected chi connectivity index (χ0v) is 9.27. The van der Waals surface area contributed by atoms with Crippen molar-refractivity contribution in [2.75, 3.05) is 0 Å². The summed E-state index contributed by atoms with van der Waals surface area (Å²) in [5.74, 6) is -0.0486. The van der Waals surface area contributed by atoms with E-state index < -0.39 is 6.17 Å². The Balaban J connectivity index is 2.39. The topological polar surface area (TPSA) is 29.1 Å². The Kier molecular flexibility index (Phi) is 3.51. The van der Waals surface area contributed by atoms with Crippen molar-refractivity contribution in [3.8, 4) is 0 Å². The molecule has 0 heterocycles. The van der Waals surface area contributed by atoms with Gasteiger partial charge in [-0.25, -0.2) is 4.39 Å². The first-order chi connectivity index (χ1) is 6.50. The van der Waals surface area contributed by atoms with E-state index in [-0.39, 0.29) is 17.4 Å². The van der Waals surface area contributed by atoms with Gasteiger partial charge in [0.05, 0.1) is 0 Å². The van der Waals surface area contributed by atoms with Gasteiger partial charge in [-0.05, 0) is 32.6 Å². The Labute approximate surface area is 85.3 Å². The Bertz CT molecular complexity index is 207. The van der Waals surface area contributed by atoms with Crippen LogP contribution in [-0.4, -0.2) is 17.6 Å². The molecule has 0 unspecified atom stereocenters. The predicted octanol–water partition coefficient (Wildman–Crippen LogP) is 2.43. The van der Waals surface area contributed by atoms with Crippen LogP contribution >= 0.6 is 0 Å². The predicted molar refractivity (Wildman–Crippen MR) is 54.7 cm³/mol. The SMILES string of the molecule is CCC(C)(CC)NC(=O)C1CC(F)C1. The highest BCUT2D eigenvalue weighted by Gasteiger charge is 2.36. The highest BCUT2D eigenvalue weighted by atomic mass is 19.1. The first-order valence-corrected chi connectivity index (χ1v) is 5.47. The maximum atomic E-state index is 12.5. The number of nitrogens with one attached hydrogen (secondary N) is 1. The highest BCUT2D eigenvalue weighted by molar-refractivity contribution is 5.80. The van der Waals surface area contributed by atoms with Gasteiger partial charge in [0.1, 0.15) is 6.17 Å². The molecule has 0 aromatic heterocycles. The fraction of sp³-hybridized carbons (Fsp3) is 0.909. The minimum atomic E-state index is -0.750. The molecule has 0 aromatic rings. The smallest absolute Gasteiger partial charge is 0.223 e. The molecule has 0 radical (unpaired) electrons. The second-order valence-electron chi connectivity index (χ2n) is 4.52. The molecule has 1 fully saturated rings. The second kappa shape index (κ2) is 4.28. The van der Waals surface area contributed by atoms with Crippen molar-refractivity contribution < 1.29 is 9.18 Å². The number of amides is 1. The molecule has 0 spiro atoms. The van der Waals surface area contributed by atoms with Crippen LogP contribution in [0.25, 0.3) is 0 Å². The van der Waals surface area contributed by atoms with Gasteiger partial charge in [0.15, 0.2) is 0 Å². The van der Waals surface area contributed by atoms with Gasteiger partial charge in [-0.15, -0.1) is 0 Å². The molecule has 0 aliphatic heterocycles. The molecule has 0 bridgehead atoms. The molecule has 1 rings (SSSR count). The molecule has 1 saturated carbocycles. The fourth-order valence-electron chi connectivity index (χ4n) is 1.59. The standard InChI is InChI=1S/C11H20FNO/c1-4-11(3,5-2)13-10(14)8-6-9(12)7-8/h8-9H,4-7H2,1-3H3,(H,13,14). The molecule has 1 aliphatic rings. The van der Waals surface area contributed by atoms with E-state index in [1.165, 1.54) is 0 Å². The molecule has 0 saturated heterocycles. The van der Waals surface area contributed by atoms with E-state index in [0.29, 0.717) is 12.8 Å². The number of carbonyl (C=O) groups excluding carboxylic acids is 1. The molecule has 0 atom stereocenters. The molecule has 1 aliphatic carbocycles. The number of halogens is 1. The lowest BCUT2D eigenvalue weighted by atomic mass is 9.82. The minimum absolute atomic E-state index is 0.0325. The molecule has 0 aromatic carbocycles. The quantitative estimate of drug-likeness (QED) is 0.743. The molecule has 2 nitrogen and oxygen atoms in total.